The summed E-state index contributed by atoms with van der Waals surface area (Å²) in [6, 6.07) is 9.51. The Morgan fingerprint density at radius 3 is 2.32 bits per heavy atom. The smallest absolute Gasteiger partial charge is 0.0591 e. The van der Waals surface area contributed by atoms with Crippen LogP contribution in [0.2, 0.25) is 0 Å². The normalized spacial score (nSPS) is 12.9. The minimum absolute atomic E-state index is 0.539. The Hall–Kier alpha value is -0.860. The molecule has 0 aliphatic carbocycles. The molecular weight excluding hydrogens is 234 g/mol. The molecule has 1 unspecified atom stereocenters. The van der Waals surface area contributed by atoms with E-state index in [-0.39, 0.29) is 0 Å². The van der Waals surface area contributed by atoms with E-state index in [0.29, 0.717) is 12.0 Å². The first-order chi connectivity index (χ1) is 9.13. The maximum Gasteiger partial charge on any atom is 0.0591 e. The second kappa shape index (κ2) is 9.11. The molecule has 0 spiro atoms. The first-order valence-electron chi connectivity index (χ1n) is 7.53. The number of hydrogen-bond donors (Lipinski definition) is 1. The Labute approximate surface area is 118 Å². The van der Waals surface area contributed by atoms with Crippen LogP contribution in [0.1, 0.15) is 51.2 Å². The van der Waals surface area contributed by atoms with Gasteiger partial charge in [0.15, 0.2) is 0 Å². The standard InChI is InChI=1S/C17H29NO/c1-5-15(4)17-8-6-16(7-9-17)10-12-19-13-11-18-14(2)3/h6-9,14-15,18H,5,10-13H2,1-4H3. The number of rotatable bonds is 9. The summed E-state index contributed by atoms with van der Waals surface area (Å²) in [5, 5.41) is 3.35. The van der Waals surface area contributed by atoms with E-state index in [9.17, 15) is 0 Å². The molecule has 1 rings (SSSR count). The largest absolute Gasteiger partial charge is 0.380 e. The van der Waals surface area contributed by atoms with Gasteiger partial charge in [-0.25, -0.2) is 0 Å². The molecule has 108 valence electrons. The van der Waals surface area contributed by atoms with E-state index in [1.165, 1.54) is 17.5 Å². The van der Waals surface area contributed by atoms with E-state index in [4.69, 9.17) is 4.74 Å². The van der Waals surface area contributed by atoms with Crippen molar-refractivity contribution in [3.8, 4) is 0 Å². The van der Waals surface area contributed by atoms with Gasteiger partial charge in [-0.1, -0.05) is 52.0 Å². The maximum atomic E-state index is 5.62. The zero-order chi connectivity index (χ0) is 14.1. The molecule has 2 heteroatoms. The molecule has 1 aromatic rings. The maximum absolute atomic E-state index is 5.62. The van der Waals surface area contributed by atoms with Crippen LogP contribution in [0.4, 0.5) is 0 Å². The predicted octanol–water partition coefficient (Wildman–Crippen LogP) is 3.76. The van der Waals surface area contributed by atoms with Gasteiger partial charge in [-0.2, -0.15) is 0 Å². The Balaban J connectivity index is 2.19. The summed E-state index contributed by atoms with van der Waals surface area (Å²) in [7, 11) is 0. The SMILES string of the molecule is CCC(C)c1ccc(CCOCCNC(C)C)cc1. The van der Waals surface area contributed by atoms with Crippen molar-refractivity contribution in [2.24, 2.45) is 0 Å². The van der Waals surface area contributed by atoms with Gasteiger partial charge in [-0.15, -0.1) is 0 Å². The van der Waals surface area contributed by atoms with Crippen LogP contribution in [0.5, 0.6) is 0 Å². The molecule has 0 saturated heterocycles. The van der Waals surface area contributed by atoms with Crippen molar-refractivity contribution in [1.29, 1.82) is 0 Å². The molecule has 19 heavy (non-hydrogen) atoms. The zero-order valence-corrected chi connectivity index (χ0v) is 12.9. The summed E-state index contributed by atoms with van der Waals surface area (Å²) in [6.45, 7) is 11.4. The van der Waals surface area contributed by atoms with Crippen molar-refractivity contribution in [2.75, 3.05) is 19.8 Å². The highest BCUT2D eigenvalue weighted by Gasteiger charge is 2.02. The van der Waals surface area contributed by atoms with Crippen LogP contribution in [0.25, 0.3) is 0 Å². The molecule has 0 radical (unpaired) electrons. The molecule has 0 fully saturated rings. The summed E-state index contributed by atoms with van der Waals surface area (Å²) in [5.41, 5.74) is 2.80. The van der Waals surface area contributed by atoms with Crippen molar-refractivity contribution in [3.05, 3.63) is 35.4 Å². The van der Waals surface area contributed by atoms with Crippen molar-refractivity contribution in [1.82, 2.24) is 5.32 Å². The third-order valence-electron chi connectivity index (χ3n) is 3.50. The Kier molecular flexibility index (Phi) is 7.76. The van der Waals surface area contributed by atoms with Crippen molar-refractivity contribution >= 4 is 0 Å². The summed E-state index contributed by atoms with van der Waals surface area (Å²) >= 11 is 0. The quantitative estimate of drug-likeness (QED) is 0.685. The molecule has 0 heterocycles. The molecule has 0 aromatic heterocycles. The van der Waals surface area contributed by atoms with E-state index >= 15 is 0 Å². The molecule has 1 aromatic carbocycles. The first kappa shape index (κ1) is 16.2. The van der Waals surface area contributed by atoms with Gasteiger partial charge in [0.1, 0.15) is 0 Å². The lowest BCUT2D eigenvalue weighted by Gasteiger charge is -2.10. The zero-order valence-electron chi connectivity index (χ0n) is 12.9. The van der Waals surface area contributed by atoms with Crippen LogP contribution in [-0.2, 0) is 11.2 Å². The van der Waals surface area contributed by atoms with Crippen LogP contribution in [-0.4, -0.2) is 25.8 Å². The predicted molar refractivity (Wildman–Crippen MR) is 82.8 cm³/mol. The van der Waals surface area contributed by atoms with E-state index < -0.39 is 0 Å². The van der Waals surface area contributed by atoms with Gasteiger partial charge >= 0.3 is 0 Å². The van der Waals surface area contributed by atoms with Crippen molar-refractivity contribution in [2.45, 2.75) is 52.5 Å². The number of hydrogen-bond acceptors (Lipinski definition) is 2. The fourth-order valence-corrected chi connectivity index (χ4v) is 1.96. The second-order valence-electron chi connectivity index (χ2n) is 5.52. The van der Waals surface area contributed by atoms with E-state index in [1.54, 1.807) is 0 Å². The Bertz CT molecular complexity index is 332. The van der Waals surface area contributed by atoms with Gasteiger partial charge in [-0.05, 0) is 29.9 Å². The summed E-state index contributed by atoms with van der Waals surface area (Å²) in [6.07, 6.45) is 2.20. The second-order valence-corrected chi connectivity index (χ2v) is 5.52. The van der Waals surface area contributed by atoms with Gasteiger partial charge in [0.25, 0.3) is 0 Å². The summed E-state index contributed by atoms with van der Waals surface area (Å²) < 4.78 is 5.62. The highest BCUT2D eigenvalue weighted by molar-refractivity contribution is 5.25. The molecule has 1 atom stereocenters. The fourth-order valence-electron chi connectivity index (χ4n) is 1.96. The van der Waals surface area contributed by atoms with E-state index in [2.05, 4.69) is 57.3 Å². The minimum Gasteiger partial charge on any atom is -0.380 e. The molecule has 0 aliphatic rings. The van der Waals surface area contributed by atoms with Crippen LogP contribution in [0.15, 0.2) is 24.3 Å². The van der Waals surface area contributed by atoms with E-state index in [0.717, 1.165) is 26.2 Å². The lowest BCUT2D eigenvalue weighted by molar-refractivity contribution is 0.137. The van der Waals surface area contributed by atoms with Crippen LogP contribution in [0, 0.1) is 0 Å². The minimum atomic E-state index is 0.539. The van der Waals surface area contributed by atoms with Crippen molar-refractivity contribution < 1.29 is 4.74 Å². The number of nitrogens with one attached hydrogen (secondary N) is 1. The highest BCUT2D eigenvalue weighted by Crippen LogP contribution is 2.18. The third-order valence-corrected chi connectivity index (χ3v) is 3.50. The Morgan fingerprint density at radius 2 is 1.74 bits per heavy atom. The molecule has 2 nitrogen and oxygen atoms in total. The number of benzene rings is 1. The number of ether oxygens (including phenoxy) is 1. The third kappa shape index (κ3) is 6.74. The molecule has 1 N–H and O–H groups in total. The summed E-state index contributed by atoms with van der Waals surface area (Å²) in [4.78, 5) is 0. The molecular formula is C17H29NO. The highest BCUT2D eigenvalue weighted by atomic mass is 16.5. The topological polar surface area (TPSA) is 21.3 Å². The van der Waals surface area contributed by atoms with Crippen LogP contribution >= 0.6 is 0 Å². The monoisotopic (exact) mass is 263 g/mol. The molecule has 0 saturated carbocycles. The van der Waals surface area contributed by atoms with Gasteiger partial charge < -0.3 is 10.1 Å². The average Bonchev–Trinajstić information content (AvgIpc) is 2.42. The van der Waals surface area contributed by atoms with Crippen LogP contribution in [0.3, 0.4) is 0 Å². The molecule has 0 bridgehead atoms. The molecule has 0 amide bonds. The van der Waals surface area contributed by atoms with Gasteiger partial charge in [-0.3, -0.25) is 0 Å². The van der Waals surface area contributed by atoms with Gasteiger partial charge in [0.2, 0.25) is 0 Å². The van der Waals surface area contributed by atoms with Gasteiger partial charge in [0.05, 0.1) is 13.2 Å². The van der Waals surface area contributed by atoms with Gasteiger partial charge in [0, 0.05) is 12.6 Å². The lowest BCUT2D eigenvalue weighted by atomic mass is 9.97. The molecule has 0 aliphatic heterocycles. The first-order valence-corrected chi connectivity index (χ1v) is 7.53. The lowest BCUT2D eigenvalue weighted by Crippen LogP contribution is -2.26. The van der Waals surface area contributed by atoms with E-state index in [1.807, 2.05) is 0 Å². The average molecular weight is 263 g/mol. The van der Waals surface area contributed by atoms with Crippen molar-refractivity contribution in [3.63, 3.8) is 0 Å². The Morgan fingerprint density at radius 1 is 1.05 bits per heavy atom. The summed E-state index contributed by atoms with van der Waals surface area (Å²) in [5.74, 6) is 0.660. The fraction of sp³-hybridized carbons (Fsp3) is 0.647. The van der Waals surface area contributed by atoms with Crippen LogP contribution < -0.4 is 5.32 Å².